The molecule has 8 heteroatoms. The van der Waals surface area contributed by atoms with Crippen LogP contribution in [0.1, 0.15) is 5.69 Å². The van der Waals surface area contributed by atoms with Crippen molar-refractivity contribution in [3.8, 4) is 5.75 Å². The Morgan fingerprint density at radius 1 is 1.44 bits per heavy atom. The number of aromatic nitrogens is 2. The molecule has 96 valence electrons. The smallest absolute Gasteiger partial charge is 0.175 e. The summed E-state index contributed by atoms with van der Waals surface area (Å²) >= 11 is 6.90. The molecule has 0 saturated heterocycles. The van der Waals surface area contributed by atoms with Crippen LogP contribution >= 0.6 is 23.1 Å². The van der Waals surface area contributed by atoms with Gasteiger partial charge in [0.25, 0.3) is 0 Å². The van der Waals surface area contributed by atoms with E-state index in [9.17, 15) is 8.42 Å². The van der Waals surface area contributed by atoms with E-state index in [4.69, 9.17) is 16.3 Å². The molecule has 0 N–H and O–H groups in total. The summed E-state index contributed by atoms with van der Waals surface area (Å²) in [5.41, 5.74) is 0.534. The molecule has 0 bridgehead atoms. The topological polar surface area (TPSA) is 69.2 Å². The van der Waals surface area contributed by atoms with E-state index in [0.717, 1.165) is 17.8 Å². The normalized spacial score (nSPS) is 11.4. The van der Waals surface area contributed by atoms with Gasteiger partial charge in [-0.15, -0.1) is 5.10 Å². The average Bonchev–Trinajstić information content (AvgIpc) is 2.72. The van der Waals surface area contributed by atoms with E-state index in [2.05, 4.69) is 9.59 Å². The molecule has 0 aliphatic rings. The molecule has 18 heavy (non-hydrogen) atoms. The third-order valence-corrected chi connectivity index (χ3v) is 4.21. The summed E-state index contributed by atoms with van der Waals surface area (Å²) in [6, 6.07) is 6.26. The van der Waals surface area contributed by atoms with Gasteiger partial charge < -0.3 is 4.74 Å². The van der Waals surface area contributed by atoms with Crippen LogP contribution in [0.25, 0.3) is 0 Å². The number of hydrogen-bond acceptors (Lipinski definition) is 6. The molecule has 1 aromatic carbocycles. The second-order valence-electron chi connectivity index (χ2n) is 3.53. The first-order chi connectivity index (χ1) is 8.47. The van der Waals surface area contributed by atoms with Crippen molar-refractivity contribution in [1.82, 2.24) is 9.59 Å². The fraction of sp³-hybridized carbons (Fsp3) is 0.200. The first-order valence-corrected chi connectivity index (χ1v) is 7.91. The van der Waals surface area contributed by atoms with Crippen LogP contribution < -0.4 is 4.74 Å². The van der Waals surface area contributed by atoms with Gasteiger partial charge >= 0.3 is 0 Å². The molecule has 2 aromatic rings. The summed E-state index contributed by atoms with van der Waals surface area (Å²) in [5.74, 6) is 0.446. The number of rotatable bonds is 4. The molecule has 0 amide bonds. The van der Waals surface area contributed by atoms with Gasteiger partial charge in [-0.25, -0.2) is 8.42 Å². The fourth-order valence-electron chi connectivity index (χ4n) is 1.23. The van der Waals surface area contributed by atoms with Crippen LogP contribution in [-0.4, -0.2) is 24.3 Å². The lowest BCUT2D eigenvalue weighted by atomic mass is 10.3. The van der Waals surface area contributed by atoms with Crippen molar-refractivity contribution >= 4 is 33.0 Å². The lowest BCUT2D eigenvalue weighted by Crippen LogP contribution is -2.00. The zero-order valence-electron chi connectivity index (χ0n) is 9.33. The Morgan fingerprint density at radius 2 is 2.22 bits per heavy atom. The van der Waals surface area contributed by atoms with Gasteiger partial charge in [0.05, 0.1) is 4.90 Å². The van der Waals surface area contributed by atoms with Gasteiger partial charge in [0.15, 0.2) is 9.84 Å². The van der Waals surface area contributed by atoms with Gasteiger partial charge in [0.2, 0.25) is 0 Å². The Labute approximate surface area is 113 Å². The van der Waals surface area contributed by atoms with Crippen LogP contribution in [0.15, 0.2) is 29.2 Å². The Balaban J connectivity index is 2.13. The molecule has 1 aromatic heterocycles. The number of benzene rings is 1. The molecule has 0 fully saturated rings. The maximum absolute atomic E-state index is 11.4. The van der Waals surface area contributed by atoms with Gasteiger partial charge in [-0.1, -0.05) is 22.2 Å². The van der Waals surface area contributed by atoms with E-state index in [1.165, 1.54) is 12.1 Å². The second kappa shape index (κ2) is 5.21. The Bertz CT molecular complexity index is 655. The van der Waals surface area contributed by atoms with Crippen molar-refractivity contribution in [1.29, 1.82) is 0 Å². The fourth-order valence-corrected chi connectivity index (χ4v) is 2.49. The lowest BCUT2D eigenvalue weighted by molar-refractivity contribution is 0.300. The molecule has 0 saturated carbocycles. The largest absolute Gasteiger partial charge is 0.487 e. The molecular weight excluding hydrogens is 296 g/mol. The number of halogens is 1. The van der Waals surface area contributed by atoms with E-state index >= 15 is 0 Å². The maximum atomic E-state index is 11.4. The summed E-state index contributed by atoms with van der Waals surface area (Å²) in [5, 5.41) is 3.80. The van der Waals surface area contributed by atoms with Gasteiger partial charge in [-0.2, -0.15) is 0 Å². The third kappa shape index (κ3) is 3.18. The van der Waals surface area contributed by atoms with E-state index < -0.39 is 9.84 Å². The highest BCUT2D eigenvalue weighted by molar-refractivity contribution is 7.90. The van der Waals surface area contributed by atoms with Gasteiger partial charge in [-0.3, -0.25) is 0 Å². The molecule has 0 aliphatic heterocycles. The summed E-state index contributed by atoms with van der Waals surface area (Å²) in [6.45, 7) is 0.155. The van der Waals surface area contributed by atoms with Gasteiger partial charge in [0, 0.05) is 17.8 Å². The van der Waals surface area contributed by atoms with Crippen LogP contribution in [0.2, 0.25) is 4.34 Å². The predicted molar refractivity (Wildman–Crippen MR) is 68.8 cm³/mol. The Morgan fingerprint density at radius 3 is 2.83 bits per heavy atom. The molecule has 0 aliphatic carbocycles. The summed E-state index contributed by atoms with van der Waals surface area (Å²) < 4.78 is 32.3. The average molecular weight is 305 g/mol. The molecule has 0 unspecified atom stereocenters. The third-order valence-electron chi connectivity index (χ3n) is 2.12. The summed E-state index contributed by atoms with van der Waals surface area (Å²) in [4.78, 5) is 0.211. The second-order valence-corrected chi connectivity index (χ2v) is 6.90. The molecule has 5 nitrogen and oxygen atoms in total. The molecule has 0 radical (unpaired) electrons. The Hall–Kier alpha value is -1.18. The first-order valence-electron chi connectivity index (χ1n) is 4.86. The predicted octanol–water partition coefficient (Wildman–Crippen LogP) is 2.17. The highest BCUT2D eigenvalue weighted by atomic mass is 35.5. The van der Waals surface area contributed by atoms with Crippen LogP contribution in [0.5, 0.6) is 5.75 Å². The van der Waals surface area contributed by atoms with Crippen molar-refractivity contribution < 1.29 is 13.2 Å². The number of nitrogens with zero attached hydrogens (tertiary/aromatic N) is 2. The first kappa shape index (κ1) is 13.3. The molecule has 0 spiro atoms. The standard InChI is InChI=1S/C10H9ClN2O3S2/c1-18(14,15)8-4-2-3-7(5-8)16-6-9-10(11)17-13-12-9/h2-5H,6H2,1H3. The van der Waals surface area contributed by atoms with Crippen molar-refractivity contribution in [2.24, 2.45) is 0 Å². The van der Waals surface area contributed by atoms with Crippen molar-refractivity contribution in [3.63, 3.8) is 0 Å². The minimum absolute atomic E-state index is 0.155. The van der Waals surface area contributed by atoms with E-state index in [-0.39, 0.29) is 11.5 Å². The van der Waals surface area contributed by atoms with Crippen molar-refractivity contribution in [3.05, 3.63) is 34.3 Å². The lowest BCUT2D eigenvalue weighted by Gasteiger charge is -2.05. The zero-order valence-corrected chi connectivity index (χ0v) is 11.7. The number of ether oxygens (including phenoxy) is 1. The Kier molecular flexibility index (Phi) is 3.84. The summed E-state index contributed by atoms with van der Waals surface area (Å²) in [6.07, 6.45) is 1.15. The number of hydrogen-bond donors (Lipinski definition) is 0. The van der Waals surface area contributed by atoms with E-state index in [1.807, 2.05) is 0 Å². The van der Waals surface area contributed by atoms with Gasteiger partial charge in [-0.05, 0) is 18.2 Å². The maximum Gasteiger partial charge on any atom is 0.175 e. The zero-order chi connectivity index (χ0) is 13.2. The van der Waals surface area contributed by atoms with E-state index in [1.54, 1.807) is 12.1 Å². The van der Waals surface area contributed by atoms with Gasteiger partial charge in [0.1, 0.15) is 22.4 Å². The van der Waals surface area contributed by atoms with Crippen LogP contribution in [0.3, 0.4) is 0 Å². The highest BCUT2D eigenvalue weighted by Gasteiger charge is 2.09. The SMILES string of the molecule is CS(=O)(=O)c1cccc(OCc2nnsc2Cl)c1. The minimum Gasteiger partial charge on any atom is -0.487 e. The van der Waals surface area contributed by atoms with E-state index in [0.29, 0.717) is 15.8 Å². The molecule has 2 rings (SSSR count). The quantitative estimate of drug-likeness (QED) is 0.866. The molecule has 1 heterocycles. The summed E-state index contributed by atoms with van der Waals surface area (Å²) in [7, 11) is -3.24. The monoisotopic (exact) mass is 304 g/mol. The van der Waals surface area contributed by atoms with Crippen LogP contribution in [-0.2, 0) is 16.4 Å². The van der Waals surface area contributed by atoms with Crippen molar-refractivity contribution in [2.75, 3.05) is 6.26 Å². The van der Waals surface area contributed by atoms with Crippen LogP contribution in [0, 0.1) is 0 Å². The van der Waals surface area contributed by atoms with Crippen LogP contribution in [0.4, 0.5) is 0 Å². The highest BCUT2D eigenvalue weighted by Crippen LogP contribution is 2.21. The number of sulfone groups is 1. The molecular formula is C10H9ClN2O3S2. The van der Waals surface area contributed by atoms with Crippen molar-refractivity contribution in [2.45, 2.75) is 11.5 Å². The minimum atomic E-state index is -3.24. The molecule has 0 atom stereocenters.